The molecule has 1 saturated carbocycles. The number of carbonyl (C=O) groups excluding carboxylic acids is 3. The molecular weight excluding hydrogens is 386 g/mol. The average molecular weight is 413 g/mol. The van der Waals surface area contributed by atoms with E-state index in [0.717, 1.165) is 25.7 Å². The highest BCUT2D eigenvalue weighted by molar-refractivity contribution is 6.04. The Hall–Kier alpha value is -3.16. The van der Waals surface area contributed by atoms with Crippen LogP contribution < -0.4 is 10.6 Å². The molecule has 0 bridgehead atoms. The van der Waals surface area contributed by atoms with E-state index >= 15 is 0 Å². The Labute approximate surface area is 175 Å². The van der Waals surface area contributed by atoms with Gasteiger partial charge in [0.25, 0.3) is 11.8 Å². The summed E-state index contributed by atoms with van der Waals surface area (Å²) in [5.41, 5.74) is 1.41. The molecule has 1 fully saturated rings. The summed E-state index contributed by atoms with van der Waals surface area (Å²) >= 11 is 0. The van der Waals surface area contributed by atoms with Gasteiger partial charge in [-0.1, -0.05) is 44.0 Å². The lowest BCUT2D eigenvalue weighted by molar-refractivity contribution is -0.119. The van der Waals surface area contributed by atoms with Gasteiger partial charge in [-0.05, 0) is 31.9 Å². The van der Waals surface area contributed by atoms with Crippen LogP contribution in [-0.2, 0) is 9.53 Å². The van der Waals surface area contributed by atoms with E-state index in [2.05, 4.69) is 15.8 Å². The van der Waals surface area contributed by atoms with E-state index in [1.165, 1.54) is 0 Å². The fourth-order valence-corrected chi connectivity index (χ4v) is 3.54. The van der Waals surface area contributed by atoms with Gasteiger partial charge in [0, 0.05) is 12.0 Å². The molecule has 1 aliphatic rings. The van der Waals surface area contributed by atoms with Gasteiger partial charge in [-0.3, -0.25) is 9.59 Å². The van der Waals surface area contributed by atoms with E-state index in [1.807, 2.05) is 13.8 Å². The number of nitrogens with zero attached hydrogens (tertiary/aromatic N) is 1. The lowest BCUT2D eigenvalue weighted by Gasteiger charge is -2.15. The summed E-state index contributed by atoms with van der Waals surface area (Å²) in [5, 5.41) is 9.47. The zero-order chi connectivity index (χ0) is 21.7. The number of anilines is 1. The van der Waals surface area contributed by atoms with Crippen molar-refractivity contribution >= 4 is 23.5 Å². The molecule has 0 aliphatic heterocycles. The third-order valence-corrected chi connectivity index (χ3v) is 5.09. The fraction of sp³-hybridized carbons (Fsp3) is 0.455. The Morgan fingerprint density at radius 3 is 2.60 bits per heavy atom. The summed E-state index contributed by atoms with van der Waals surface area (Å²) in [6.45, 7) is 4.90. The van der Waals surface area contributed by atoms with Crippen LogP contribution in [0, 0.1) is 6.92 Å². The first-order valence-electron chi connectivity index (χ1n) is 10.2. The van der Waals surface area contributed by atoms with Crippen LogP contribution in [0.4, 0.5) is 5.69 Å². The number of para-hydroxylation sites is 1. The second-order valence-corrected chi connectivity index (χ2v) is 7.79. The minimum atomic E-state index is -0.667. The van der Waals surface area contributed by atoms with Gasteiger partial charge in [-0.15, -0.1) is 0 Å². The van der Waals surface area contributed by atoms with Gasteiger partial charge in [0.1, 0.15) is 5.56 Å². The summed E-state index contributed by atoms with van der Waals surface area (Å²) in [6, 6.07) is 6.93. The SMILES string of the molecule is Cc1noc(C(C)C)c1C(=O)OCC(=O)Nc1ccccc1C(=O)NC1CCCC1. The maximum absolute atomic E-state index is 12.6. The molecule has 0 saturated heterocycles. The highest BCUT2D eigenvalue weighted by atomic mass is 16.5. The largest absolute Gasteiger partial charge is 0.452 e. The third-order valence-electron chi connectivity index (χ3n) is 5.09. The van der Waals surface area contributed by atoms with E-state index in [9.17, 15) is 14.4 Å². The molecule has 3 rings (SSSR count). The highest BCUT2D eigenvalue weighted by Gasteiger charge is 2.25. The number of aromatic nitrogens is 1. The van der Waals surface area contributed by atoms with Crippen molar-refractivity contribution < 1.29 is 23.6 Å². The molecular formula is C22H27N3O5. The minimum absolute atomic E-state index is 0.0483. The molecule has 0 unspecified atom stereocenters. The predicted molar refractivity (Wildman–Crippen MR) is 110 cm³/mol. The zero-order valence-electron chi connectivity index (χ0n) is 17.5. The van der Waals surface area contributed by atoms with Crippen molar-refractivity contribution in [1.82, 2.24) is 10.5 Å². The lowest BCUT2D eigenvalue weighted by atomic mass is 10.1. The van der Waals surface area contributed by atoms with Crippen molar-refractivity contribution in [2.45, 2.75) is 58.4 Å². The number of amides is 2. The summed E-state index contributed by atoms with van der Waals surface area (Å²) in [7, 11) is 0. The maximum Gasteiger partial charge on any atom is 0.344 e. The summed E-state index contributed by atoms with van der Waals surface area (Å²) in [6.07, 6.45) is 4.16. The van der Waals surface area contributed by atoms with Crippen LogP contribution in [0.3, 0.4) is 0 Å². The molecule has 160 valence electrons. The van der Waals surface area contributed by atoms with Gasteiger partial charge >= 0.3 is 5.97 Å². The second kappa shape index (κ2) is 9.56. The number of esters is 1. The number of aryl methyl sites for hydroxylation is 1. The van der Waals surface area contributed by atoms with Crippen molar-refractivity contribution in [1.29, 1.82) is 0 Å². The minimum Gasteiger partial charge on any atom is -0.452 e. The van der Waals surface area contributed by atoms with Gasteiger partial charge in [-0.2, -0.15) is 0 Å². The molecule has 0 atom stereocenters. The quantitative estimate of drug-likeness (QED) is 0.672. The molecule has 0 radical (unpaired) electrons. The number of carbonyl (C=O) groups is 3. The van der Waals surface area contributed by atoms with Crippen LogP contribution in [-0.4, -0.2) is 35.6 Å². The van der Waals surface area contributed by atoms with Crippen LogP contribution in [0.25, 0.3) is 0 Å². The third kappa shape index (κ3) is 5.06. The summed E-state index contributed by atoms with van der Waals surface area (Å²) < 4.78 is 10.3. The molecule has 8 nitrogen and oxygen atoms in total. The Kier molecular flexibility index (Phi) is 6.87. The Morgan fingerprint density at radius 2 is 1.90 bits per heavy atom. The molecule has 1 aromatic carbocycles. The number of benzene rings is 1. The Balaban J connectivity index is 1.61. The van der Waals surface area contributed by atoms with Crippen LogP contribution in [0.1, 0.15) is 77.6 Å². The van der Waals surface area contributed by atoms with Crippen molar-refractivity contribution in [2.24, 2.45) is 0 Å². The van der Waals surface area contributed by atoms with Crippen molar-refractivity contribution in [3.8, 4) is 0 Å². The average Bonchev–Trinajstić information content (AvgIpc) is 3.36. The Morgan fingerprint density at radius 1 is 1.20 bits per heavy atom. The van der Waals surface area contributed by atoms with Crippen molar-refractivity contribution in [3.05, 3.63) is 46.8 Å². The zero-order valence-corrected chi connectivity index (χ0v) is 17.5. The number of nitrogens with one attached hydrogen (secondary N) is 2. The summed E-state index contributed by atoms with van der Waals surface area (Å²) in [5.74, 6) is -1.05. The van der Waals surface area contributed by atoms with Crippen LogP contribution in [0.5, 0.6) is 0 Å². The van der Waals surface area contributed by atoms with Crippen LogP contribution in [0.15, 0.2) is 28.8 Å². The molecule has 30 heavy (non-hydrogen) atoms. The summed E-state index contributed by atoms with van der Waals surface area (Å²) in [4.78, 5) is 37.4. The molecule has 0 spiro atoms. The van der Waals surface area contributed by atoms with Crippen LogP contribution in [0.2, 0.25) is 0 Å². The first-order valence-corrected chi connectivity index (χ1v) is 10.2. The topological polar surface area (TPSA) is 111 Å². The predicted octanol–water partition coefficient (Wildman–Crippen LogP) is 3.57. The van der Waals surface area contributed by atoms with E-state index in [-0.39, 0.29) is 23.4 Å². The first kappa shape index (κ1) is 21.5. The fourth-order valence-electron chi connectivity index (χ4n) is 3.54. The Bertz CT molecular complexity index is 929. The van der Waals surface area contributed by atoms with E-state index in [4.69, 9.17) is 9.26 Å². The van der Waals surface area contributed by atoms with Gasteiger partial charge in [0.05, 0.1) is 16.9 Å². The molecule has 1 heterocycles. The number of ether oxygens (including phenoxy) is 1. The van der Waals surface area contributed by atoms with Gasteiger partial charge in [-0.25, -0.2) is 4.79 Å². The van der Waals surface area contributed by atoms with Crippen molar-refractivity contribution in [2.75, 3.05) is 11.9 Å². The normalized spacial score (nSPS) is 14.0. The molecule has 2 amide bonds. The van der Waals surface area contributed by atoms with Crippen molar-refractivity contribution in [3.63, 3.8) is 0 Å². The monoisotopic (exact) mass is 413 g/mol. The van der Waals surface area contributed by atoms with E-state index in [0.29, 0.717) is 22.7 Å². The number of hydrogen-bond acceptors (Lipinski definition) is 6. The van der Waals surface area contributed by atoms with E-state index in [1.54, 1.807) is 31.2 Å². The number of hydrogen-bond donors (Lipinski definition) is 2. The molecule has 2 aromatic rings. The smallest absolute Gasteiger partial charge is 0.344 e. The highest BCUT2D eigenvalue weighted by Crippen LogP contribution is 2.23. The van der Waals surface area contributed by atoms with Crippen LogP contribution >= 0.6 is 0 Å². The molecule has 1 aromatic heterocycles. The van der Waals surface area contributed by atoms with Gasteiger partial charge in [0.2, 0.25) is 0 Å². The van der Waals surface area contributed by atoms with Gasteiger partial charge in [0.15, 0.2) is 12.4 Å². The van der Waals surface area contributed by atoms with Gasteiger partial charge < -0.3 is 19.9 Å². The maximum atomic E-state index is 12.6. The molecule has 1 aliphatic carbocycles. The molecule has 2 N–H and O–H groups in total. The van der Waals surface area contributed by atoms with E-state index < -0.39 is 18.5 Å². The first-order chi connectivity index (χ1) is 14.4. The lowest BCUT2D eigenvalue weighted by Crippen LogP contribution is -2.33. The second-order valence-electron chi connectivity index (χ2n) is 7.79. The number of rotatable bonds is 7. The standard InChI is InChI=1S/C22H27N3O5/c1-13(2)20-19(14(3)25-30-20)22(28)29-12-18(26)24-17-11-7-6-10-16(17)21(27)23-15-8-4-5-9-15/h6-7,10-11,13,15H,4-5,8-9,12H2,1-3H3,(H,23,27)(H,24,26). The molecule has 8 heteroatoms.